The summed E-state index contributed by atoms with van der Waals surface area (Å²) >= 11 is 0. The van der Waals surface area contributed by atoms with Crippen molar-refractivity contribution in [2.75, 3.05) is 25.0 Å². The Hall–Kier alpha value is -2.41. The smallest absolute Gasteiger partial charge is 0.323 e. The van der Waals surface area contributed by atoms with Crippen LogP contribution in [0, 0.1) is 5.82 Å². The van der Waals surface area contributed by atoms with Crippen molar-refractivity contribution in [2.24, 2.45) is 0 Å². The number of anilines is 1. The molecule has 1 fully saturated rings. The van der Waals surface area contributed by atoms with Crippen LogP contribution in [0.2, 0.25) is 0 Å². The minimum atomic E-state index is -0.447. The minimum Gasteiger partial charge on any atom is -0.467 e. The van der Waals surface area contributed by atoms with Gasteiger partial charge in [-0.1, -0.05) is 0 Å². The highest BCUT2D eigenvalue weighted by atomic mass is 19.1. The predicted molar refractivity (Wildman–Crippen MR) is 72.2 cm³/mol. The van der Waals surface area contributed by atoms with Gasteiger partial charge in [-0.15, -0.1) is 0 Å². The summed E-state index contributed by atoms with van der Waals surface area (Å²) in [6.45, 7) is 1.29. The molecule has 3 heterocycles. The molecule has 21 heavy (non-hydrogen) atoms. The van der Waals surface area contributed by atoms with Gasteiger partial charge in [-0.3, -0.25) is 5.32 Å². The van der Waals surface area contributed by atoms with Crippen molar-refractivity contribution in [1.29, 1.82) is 0 Å². The van der Waals surface area contributed by atoms with Crippen molar-refractivity contribution in [3.8, 4) is 0 Å². The van der Waals surface area contributed by atoms with E-state index >= 15 is 0 Å². The molecule has 1 atom stereocenters. The number of carbonyl (C=O) groups is 1. The third kappa shape index (κ3) is 3.19. The van der Waals surface area contributed by atoms with Gasteiger partial charge in [-0.2, -0.15) is 0 Å². The molecule has 1 N–H and O–H groups in total. The molecule has 2 aromatic heterocycles. The van der Waals surface area contributed by atoms with Crippen molar-refractivity contribution in [1.82, 2.24) is 9.88 Å². The first kappa shape index (κ1) is 13.6. The summed E-state index contributed by atoms with van der Waals surface area (Å²) in [6.07, 6.45) is 2.35. The first-order valence-corrected chi connectivity index (χ1v) is 6.55. The number of aromatic nitrogens is 1. The summed E-state index contributed by atoms with van der Waals surface area (Å²) in [4.78, 5) is 17.6. The average molecular weight is 291 g/mol. The van der Waals surface area contributed by atoms with Gasteiger partial charge in [0.1, 0.15) is 23.5 Å². The van der Waals surface area contributed by atoms with Crippen molar-refractivity contribution >= 4 is 11.8 Å². The number of halogens is 1. The number of morpholine rings is 1. The normalized spacial score (nSPS) is 18.5. The molecule has 0 bridgehead atoms. The number of ether oxygens (including phenoxy) is 1. The Morgan fingerprint density at radius 1 is 1.43 bits per heavy atom. The fraction of sp³-hybridized carbons (Fsp3) is 0.286. The molecule has 2 amide bonds. The second-order valence-corrected chi connectivity index (χ2v) is 4.61. The quantitative estimate of drug-likeness (QED) is 0.922. The molecule has 0 aliphatic carbocycles. The molecule has 0 saturated carbocycles. The summed E-state index contributed by atoms with van der Waals surface area (Å²) in [6, 6.07) is 5.95. The molecule has 0 radical (unpaired) electrons. The van der Waals surface area contributed by atoms with E-state index in [1.165, 1.54) is 12.1 Å². The van der Waals surface area contributed by atoms with Crippen LogP contribution in [-0.2, 0) is 4.74 Å². The molecule has 3 rings (SSSR count). The molecule has 2 aromatic rings. The van der Waals surface area contributed by atoms with Crippen LogP contribution in [0.25, 0.3) is 0 Å². The van der Waals surface area contributed by atoms with Crippen LogP contribution in [0.4, 0.5) is 15.0 Å². The molecule has 7 heteroatoms. The highest BCUT2D eigenvalue weighted by Gasteiger charge is 2.27. The Morgan fingerprint density at radius 3 is 3.05 bits per heavy atom. The lowest BCUT2D eigenvalue weighted by Crippen LogP contribution is -2.44. The topological polar surface area (TPSA) is 67.6 Å². The maximum atomic E-state index is 12.8. The summed E-state index contributed by atoms with van der Waals surface area (Å²) in [5, 5.41) is 2.63. The zero-order valence-electron chi connectivity index (χ0n) is 11.2. The first-order valence-electron chi connectivity index (χ1n) is 6.55. The number of nitrogens with one attached hydrogen (secondary N) is 1. The number of furan rings is 1. The van der Waals surface area contributed by atoms with Gasteiger partial charge in [0.2, 0.25) is 0 Å². The number of urea groups is 1. The van der Waals surface area contributed by atoms with E-state index in [1.54, 1.807) is 17.2 Å². The Bertz CT molecular complexity index is 600. The first-order chi connectivity index (χ1) is 10.2. The van der Waals surface area contributed by atoms with Gasteiger partial charge in [0.05, 0.1) is 25.6 Å². The molecule has 0 aromatic carbocycles. The van der Waals surface area contributed by atoms with Crippen LogP contribution < -0.4 is 5.32 Å². The SMILES string of the molecule is O=C(Nc1ccc(F)cn1)N1CCO[C@H](c2ccco2)C1. The van der Waals surface area contributed by atoms with Crippen LogP contribution in [0.1, 0.15) is 11.9 Å². The molecule has 1 aliphatic heterocycles. The number of pyridine rings is 1. The number of carbonyl (C=O) groups excluding carboxylic acids is 1. The summed E-state index contributed by atoms with van der Waals surface area (Å²) in [5.74, 6) is 0.548. The highest BCUT2D eigenvalue weighted by Crippen LogP contribution is 2.22. The molecule has 1 saturated heterocycles. The summed E-state index contributed by atoms with van der Waals surface area (Å²) in [5.41, 5.74) is 0. The van der Waals surface area contributed by atoms with Crippen LogP contribution in [0.15, 0.2) is 41.1 Å². The van der Waals surface area contributed by atoms with E-state index in [9.17, 15) is 9.18 Å². The third-order valence-electron chi connectivity index (χ3n) is 3.18. The van der Waals surface area contributed by atoms with E-state index in [-0.39, 0.29) is 12.1 Å². The molecule has 0 unspecified atom stereocenters. The zero-order valence-corrected chi connectivity index (χ0v) is 11.2. The van der Waals surface area contributed by atoms with Gasteiger partial charge in [0, 0.05) is 6.54 Å². The minimum absolute atomic E-state index is 0.277. The predicted octanol–water partition coefficient (Wildman–Crippen LogP) is 2.42. The van der Waals surface area contributed by atoms with E-state index in [1.807, 2.05) is 6.07 Å². The second kappa shape index (κ2) is 5.92. The monoisotopic (exact) mass is 291 g/mol. The van der Waals surface area contributed by atoms with Crippen LogP contribution in [-0.4, -0.2) is 35.6 Å². The molecular formula is C14H14FN3O3. The van der Waals surface area contributed by atoms with Crippen molar-refractivity contribution < 1.29 is 18.3 Å². The van der Waals surface area contributed by atoms with E-state index in [0.29, 0.717) is 31.3 Å². The van der Waals surface area contributed by atoms with Crippen molar-refractivity contribution in [3.63, 3.8) is 0 Å². The fourth-order valence-electron chi connectivity index (χ4n) is 2.12. The lowest BCUT2D eigenvalue weighted by molar-refractivity contribution is -0.0242. The lowest BCUT2D eigenvalue weighted by Gasteiger charge is -2.31. The molecule has 6 nitrogen and oxygen atoms in total. The summed E-state index contributed by atoms with van der Waals surface area (Å²) in [7, 11) is 0. The van der Waals surface area contributed by atoms with Crippen LogP contribution in [0.5, 0.6) is 0 Å². The molecular weight excluding hydrogens is 277 g/mol. The van der Waals surface area contributed by atoms with Crippen molar-refractivity contribution in [2.45, 2.75) is 6.10 Å². The van der Waals surface area contributed by atoms with Gasteiger partial charge >= 0.3 is 6.03 Å². The van der Waals surface area contributed by atoms with Crippen LogP contribution >= 0.6 is 0 Å². The summed E-state index contributed by atoms with van der Waals surface area (Å²) < 4.78 is 23.7. The van der Waals surface area contributed by atoms with Crippen LogP contribution in [0.3, 0.4) is 0 Å². The van der Waals surface area contributed by atoms with E-state index in [0.717, 1.165) is 6.20 Å². The Kier molecular flexibility index (Phi) is 3.83. The Labute approximate surface area is 120 Å². The Morgan fingerprint density at radius 2 is 2.33 bits per heavy atom. The standard InChI is InChI=1S/C14H14FN3O3/c15-10-3-4-13(16-8-10)17-14(19)18-5-7-21-12(9-18)11-2-1-6-20-11/h1-4,6,8,12H,5,7,9H2,(H,16,17,19)/t12-/m0/s1. The largest absolute Gasteiger partial charge is 0.467 e. The Balaban J connectivity index is 1.63. The van der Waals surface area contributed by atoms with E-state index < -0.39 is 5.82 Å². The van der Waals surface area contributed by atoms with Gasteiger partial charge in [-0.25, -0.2) is 14.2 Å². The number of nitrogens with zero attached hydrogens (tertiary/aromatic N) is 2. The van der Waals surface area contributed by atoms with E-state index in [4.69, 9.17) is 9.15 Å². The molecule has 0 spiro atoms. The van der Waals surface area contributed by atoms with Gasteiger partial charge in [0.25, 0.3) is 0 Å². The number of hydrogen-bond acceptors (Lipinski definition) is 4. The maximum absolute atomic E-state index is 12.8. The number of hydrogen-bond donors (Lipinski definition) is 1. The highest BCUT2D eigenvalue weighted by molar-refractivity contribution is 5.88. The van der Waals surface area contributed by atoms with Gasteiger partial charge in [0.15, 0.2) is 0 Å². The van der Waals surface area contributed by atoms with Gasteiger partial charge in [-0.05, 0) is 24.3 Å². The zero-order chi connectivity index (χ0) is 14.7. The lowest BCUT2D eigenvalue weighted by atomic mass is 10.2. The number of amides is 2. The fourth-order valence-corrected chi connectivity index (χ4v) is 2.12. The molecule has 1 aliphatic rings. The third-order valence-corrected chi connectivity index (χ3v) is 3.18. The van der Waals surface area contributed by atoms with E-state index in [2.05, 4.69) is 10.3 Å². The van der Waals surface area contributed by atoms with Crippen molar-refractivity contribution in [3.05, 3.63) is 48.3 Å². The number of rotatable bonds is 2. The van der Waals surface area contributed by atoms with Gasteiger partial charge < -0.3 is 14.1 Å². The second-order valence-electron chi connectivity index (χ2n) is 4.61. The average Bonchev–Trinajstić information content (AvgIpc) is 3.04. The maximum Gasteiger partial charge on any atom is 0.323 e. The molecule has 110 valence electrons.